The lowest BCUT2D eigenvalue weighted by atomic mass is 9.78. The van der Waals surface area contributed by atoms with Crippen LogP contribution >= 0.6 is 0 Å². The summed E-state index contributed by atoms with van der Waals surface area (Å²) in [7, 11) is 1.71. The van der Waals surface area contributed by atoms with Crippen LogP contribution in [0.2, 0.25) is 0 Å². The van der Waals surface area contributed by atoms with E-state index >= 15 is 0 Å². The van der Waals surface area contributed by atoms with Gasteiger partial charge in [-0.05, 0) is 29.3 Å². The fourth-order valence-electron chi connectivity index (χ4n) is 4.11. The molecule has 0 saturated heterocycles. The number of likely N-dealkylation sites (N-methyl/N-ethyl adjacent to an activating group) is 1. The van der Waals surface area contributed by atoms with Crippen molar-refractivity contribution in [1.82, 2.24) is 0 Å². The number of carbonyl (C=O) groups is 2. The number of nitrogens with zero attached hydrogens (tertiary/aromatic N) is 1. The molecule has 2 heterocycles. The minimum Gasteiger partial charge on any atom is -0.435 e. The second-order valence-corrected chi connectivity index (χ2v) is 6.97. The molecule has 0 saturated carbocycles. The van der Waals surface area contributed by atoms with Gasteiger partial charge in [-0.1, -0.05) is 66.7 Å². The highest BCUT2D eigenvalue weighted by molar-refractivity contribution is 6.20. The van der Waals surface area contributed by atoms with E-state index in [-0.39, 0.29) is 5.91 Å². The van der Waals surface area contributed by atoms with Crippen molar-refractivity contribution in [3.63, 3.8) is 0 Å². The highest BCUT2D eigenvalue weighted by Gasteiger charge is 2.58. The van der Waals surface area contributed by atoms with Gasteiger partial charge in [0.05, 0.1) is 11.3 Å². The van der Waals surface area contributed by atoms with Crippen LogP contribution < -0.4 is 4.90 Å². The Bertz CT molecular complexity index is 1150. The summed E-state index contributed by atoms with van der Waals surface area (Å²) in [6, 6.07) is 24.5. The first-order valence-corrected chi connectivity index (χ1v) is 9.10. The molecule has 0 N–H and O–H groups in total. The molecule has 1 atom stereocenters. The van der Waals surface area contributed by atoms with E-state index in [1.54, 1.807) is 24.1 Å². The van der Waals surface area contributed by atoms with Crippen molar-refractivity contribution in [2.45, 2.75) is 5.60 Å². The number of benzene rings is 3. The van der Waals surface area contributed by atoms with Gasteiger partial charge in [-0.3, -0.25) is 4.79 Å². The molecule has 4 nitrogen and oxygen atoms in total. The lowest BCUT2D eigenvalue weighted by molar-refractivity contribution is -0.131. The molecule has 1 spiro atoms. The monoisotopic (exact) mass is 367 g/mol. The minimum absolute atomic E-state index is 0.265. The number of anilines is 1. The third kappa shape index (κ3) is 2.12. The summed E-state index contributed by atoms with van der Waals surface area (Å²) in [5.41, 5.74) is 2.76. The largest absolute Gasteiger partial charge is 0.435 e. The molecule has 0 bridgehead atoms. The number of rotatable bonds is 1. The lowest BCUT2D eigenvalue weighted by Crippen LogP contribution is -2.46. The van der Waals surface area contributed by atoms with E-state index < -0.39 is 11.6 Å². The van der Waals surface area contributed by atoms with Gasteiger partial charge in [0.1, 0.15) is 0 Å². The van der Waals surface area contributed by atoms with Gasteiger partial charge in [0.15, 0.2) is 0 Å². The summed E-state index contributed by atoms with van der Waals surface area (Å²) in [6.45, 7) is 0. The van der Waals surface area contributed by atoms with E-state index in [0.29, 0.717) is 16.7 Å². The number of hydrogen-bond donors (Lipinski definition) is 0. The maximum Gasteiger partial charge on any atom is 0.340 e. The summed E-state index contributed by atoms with van der Waals surface area (Å²) < 4.78 is 5.96. The Morgan fingerprint density at radius 2 is 1.46 bits per heavy atom. The summed E-state index contributed by atoms with van der Waals surface area (Å²) in [5.74, 6) is -0.752. The van der Waals surface area contributed by atoms with E-state index in [1.807, 2.05) is 72.8 Å². The van der Waals surface area contributed by atoms with E-state index in [4.69, 9.17) is 4.74 Å². The fourth-order valence-corrected chi connectivity index (χ4v) is 4.11. The SMILES string of the molecule is CN1C(=O)C2(OC(=O)c3ccccc3/C2=C\c2ccccc2)c2ccccc21. The van der Waals surface area contributed by atoms with Crippen LogP contribution in [0.5, 0.6) is 0 Å². The predicted molar refractivity (Wildman–Crippen MR) is 108 cm³/mol. The summed E-state index contributed by atoms with van der Waals surface area (Å²) >= 11 is 0. The van der Waals surface area contributed by atoms with Crippen molar-refractivity contribution in [1.29, 1.82) is 0 Å². The van der Waals surface area contributed by atoms with Crippen LogP contribution in [0.3, 0.4) is 0 Å². The number of para-hydroxylation sites is 1. The first-order valence-electron chi connectivity index (χ1n) is 9.10. The van der Waals surface area contributed by atoms with Crippen molar-refractivity contribution in [3.05, 3.63) is 101 Å². The molecule has 1 unspecified atom stereocenters. The molecule has 3 aromatic rings. The third-order valence-corrected chi connectivity index (χ3v) is 5.42. The van der Waals surface area contributed by atoms with E-state index in [9.17, 15) is 9.59 Å². The zero-order valence-corrected chi connectivity index (χ0v) is 15.3. The summed E-state index contributed by atoms with van der Waals surface area (Å²) in [6.07, 6.45) is 1.94. The molecule has 2 aliphatic rings. The van der Waals surface area contributed by atoms with Crippen LogP contribution in [0.1, 0.15) is 27.0 Å². The number of esters is 1. The van der Waals surface area contributed by atoms with E-state index in [2.05, 4.69) is 0 Å². The molecule has 0 fully saturated rings. The molecule has 28 heavy (non-hydrogen) atoms. The average molecular weight is 367 g/mol. The Morgan fingerprint density at radius 3 is 2.25 bits per heavy atom. The van der Waals surface area contributed by atoms with E-state index in [0.717, 1.165) is 16.8 Å². The maximum atomic E-state index is 13.5. The second-order valence-electron chi connectivity index (χ2n) is 6.97. The van der Waals surface area contributed by atoms with E-state index in [1.165, 1.54) is 0 Å². The molecule has 136 valence electrons. The van der Waals surface area contributed by atoms with Gasteiger partial charge in [-0.15, -0.1) is 0 Å². The highest BCUT2D eigenvalue weighted by Crippen LogP contribution is 2.53. The molecule has 5 rings (SSSR count). The molecule has 3 aromatic carbocycles. The topological polar surface area (TPSA) is 46.6 Å². The van der Waals surface area contributed by atoms with Crippen LogP contribution in [-0.2, 0) is 15.1 Å². The normalized spacial score (nSPS) is 21.6. The van der Waals surface area contributed by atoms with Gasteiger partial charge in [-0.25, -0.2) is 4.79 Å². The van der Waals surface area contributed by atoms with Crippen molar-refractivity contribution in [2.75, 3.05) is 11.9 Å². The predicted octanol–water partition coefficient (Wildman–Crippen LogP) is 4.27. The molecule has 4 heteroatoms. The maximum absolute atomic E-state index is 13.5. The average Bonchev–Trinajstić information content (AvgIpc) is 2.95. The second kappa shape index (κ2) is 5.92. The zero-order valence-electron chi connectivity index (χ0n) is 15.3. The van der Waals surface area contributed by atoms with Gasteiger partial charge >= 0.3 is 5.97 Å². The lowest BCUT2D eigenvalue weighted by Gasteiger charge is -2.35. The van der Waals surface area contributed by atoms with Crippen LogP contribution in [0.25, 0.3) is 11.6 Å². The van der Waals surface area contributed by atoms with Crippen molar-refractivity contribution in [3.8, 4) is 0 Å². The van der Waals surface area contributed by atoms with Crippen molar-refractivity contribution in [2.24, 2.45) is 0 Å². The number of fused-ring (bicyclic) bond motifs is 3. The quantitative estimate of drug-likeness (QED) is 0.604. The van der Waals surface area contributed by atoms with Gasteiger partial charge in [-0.2, -0.15) is 0 Å². The van der Waals surface area contributed by atoms with Crippen molar-refractivity contribution >= 4 is 29.2 Å². The van der Waals surface area contributed by atoms with Crippen LogP contribution in [0, 0.1) is 0 Å². The standard InChI is InChI=1S/C24H17NO3/c1-25-21-14-8-7-13-19(21)24(23(25)27)20(15-16-9-3-2-4-10-16)17-11-5-6-12-18(17)22(26)28-24/h2-15H,1H3/b20-15+. The Morgan fingerprint density at radius 1 is 0.821 bits per heavy atom. The number of hydrogen-bond acceptors (Lipinski definition) is 3. The van der Waals surface area contributed by atoms with Gasteiger partial charge in [0.2, 0.25) is 5.60 Å². The molecular formula is C24H17NO3. The first kappa shape index (κ1) is 16.5. The zero-order chi connectivity index (χ0) is 19.3. The van der Waals surface area contributed by atoms with Gasteiger partial charge in [0.25, 0.3) is 5.91 Å². The fraction of sp³-hybridized carbons (Fsp3) is 0.0833. The van der Waals surface area contributed by atoms with Crippen molar-refractivity contribution < 1.29 is 14.3 Å². The minimum atomic E-state index is -1.48. The third-order valence-electron chi connectivity index (χ3n) is 5.42. The molecular weight excluding hydrogens is 350 g/mol. The first-order chi connectivity index (χ1) is 13.6. The number of ether oxygens (including phenoxy) is 1. The Kier molecular flexibility index (Phi) is 3.49. The Hall–Kier alpha value is -3.66. The molecule has 1 amide bonds. The molecule has 0 aromatic heterocycles. The summed E-state index contributed by atoms with van der Waals surface area (Å²) in [5, 5.41) is 0. The van der Waals surface area contributed by atoms with Gasteiger partial charge in [0, 0.05) is 18.2 Å². The Balaban J connectivity index is 1.86. The summed E-state index contributed by atoms with van der Waals surface area (Å²) in [4.78, 5) is 28.0. The molecule has 2 aliphatic heterocycles. The molecule has 0 aliphatic carbocycles. The smallest absolute Gasteiger partial charge is 0.340 e. The highest BCUT2D eigenvalue weighted by atomic mass is 16.6. The number of carbonyl (C=O) groups excluding carboxylic acids is 2. The van der Waals surface area contributed by atoms with Gasteiger partial charge < -0.3 is 9.64 Å². The number of amides is 1. The van der Waals surface area contributed by atoms with Crippen LogP contribution in [0.4, 0.5) is 5.69 Å². The van der Waals surface area contributed by atoms with Crippen LogP contribution in [-0.4, -0.2) is 18.9 Å². The Labute approximate surface area is 162 Å². The molecule has 0 radical (unpaired) electrons. The van der Waals surface area contributed by atoms with Crippen LogP contribution in [0.15, 0.2) is 78.9 Å².